The van der Waals surface area contributed by atoms with Crippen LogP contribution in [0.25, 0.3) is 0 Å². The second kappa shape index (κ2) is 6.53. The molecule has 0 spiro atoms. The van der Waals surface area contributed by atoms with E-state index in [-0.39, 0.29) is 0 Å². The fourth-order valence-corrected chi connectivity index (χ4v) is 2.67. The Kier molecular flexibility index (Phi) is 5.00. The van der Waals surface area contributed by atoms with Crippen LogP contribution in [0.15, 0.2) is 4.90 Å². The summed E-state index contributed by atoms with van der Waals surface area (Å²) < 4.78 is 57.5. The third-order valence-corrected chi connectivity index (χ3v) is 3.75. The number of thioether (sulfide) groups is 1. The van der Waals surface area contributed by atoms with Crippen LogP contribution in [0.3, 0.4) is 0 Å². The molecule has 1 aromatic heterocycles. The summed E-state index contributed by atoms with van der Waals surface area (Å²) in [5.74, 6) is -5.78. The molecule has 1 saturated heterocycles. The van der Waals surface area contributed by atoms with Crippen LogP contribution < -0.4 is 0 Å². The number of ether oxygens (including phenoxy) is 1. The largest absolute Gasteiger partial charge is 0.379 e. The zero-order valence-corrected chi connectivity index (χ0v) is 10.8. The highest BCUT2D eigenvalue weighted by atomic mass is 32.2. The Morgan fingerprint density at radius 2 is 1.63 bits per heavy atom. The molecule has 0 radical (unpaired) electrons. The van der Waals surface area contributed by atoms with Gasteiger partial charge in [-0.15, -0.1) is 11.8 Å². The van der Waals surface area contributed by atoms with Crippen molar-refractivity contribution in [1.29, 1.82) is 0 Å². The predicted octanol–water partition coefficient (Wildman–Crippen LogP) is 2.06. The summed E-state index contributed by atoms with van der Waals surface area (Å²) in [4.78, 5) is 3.91. The molecule has 1 aromatic rings. The molecule has 19 heavy (non-hydrogen) atoms. The topological polar surface area (TPSA) is 25.4 Å². The van der Waals surface area contributed by atoms with Crippen molar-refractivity contribution in [3.63, 3.8) is 0 Å². The lowest BCUT2D eigenvalue weighted by Crippen LogP contribution is -2.37. The maximum absolute atomic E-state index is 13.3. The van der Waals surface area contributed by atoms with Crippen LogP contribution in [0, 0.1) is 23.5 Å². The average molecular weight is 296 g/mol. The molecule has 0 saturated carbocycles. The van der Waals surface area contributed by atoms with Crippen molar-refractivity contribution < 1.29 is 22.3 Å². The van der Waals surface area contributed by atoms with Gasteiger partial charge in [0.05, 0.1) is 18.1 Å². The van der Waals surface area contributed by atoms with E-state index in [0.29, 0.717) is 25.5 Å². The first-order valence-electron chi connectivity index (χ1n) is 5.72. The van der Waals surface area contributed by atoms with Crippen LogP contribution >= 0.6 is 11.8 Å². The second-order valence-electron chi connectivity index (χ2n) is 3.95. The van der Waals surface area contributed by atoms with Gasteiger partial charge in [0.25, 0.3) is 11.9 Å². The minimum atomic E-state index is -1.62. The zero-order valence-electron chi connectivity index (χ0n) is 9.97. The van der Waals surface area contributed by atoms with Crippen molar-refractivity contribution in [1.82, 2.24) is 9.88 Å². The standard InChI is InChI=1S/C11H12F4N2OS/c12-7-9(8(13)11(15)16-10(7)14)19-6-3-17-1-4-18-5-2-17/h1-6H2. The smallest absolute Gasteiger partial charge is 0.252 e. The van der Waals surface area contributed by atoms with Gasteiger partial charge in [-0.05, 0) is 0 Å². The van der Waals surface area contributed by atoms with E-state index >= 15 is 0 Å². The summed E-state index contributed by atoms with van der Waals surface area (Å²) >= 11 is 0.743. The van der Waals surface area contributed by atoms with Crippen LogP contribution in [0.2, 0.25) is 0 Å². The molecule has 1 aliphatic heterocycles. The van der Waals surface area contributed by atoms with Crippen molar-refractivity contribution in [2.75, 3.05) is 38.6 Å². The predicted molar refractivity (Wildman–Crippen MR) is 62.1 cm³/mol. The Hall–Kier alpha value is -0.860. The van der Waals surface area contributed by atoms with E-state index in [1.54, 1.807) is 0 Å². The molecule has 0 N–H and O–H groups in total. The maximum atomic E-state index is 13.3. The minimum Gasteiger partial charge on any atom is -0.379 e. The molecular formula is C11H12F4N2OS. The number of aromatic nitrogens is 1. The average Bonchev–Trinajstić information content (AvgIpc) is 2.42. The Bertz CT molecular complexity index is 429. The van der Waals surface area contributed by atoms with Crippen LogP contribution in [-0.2, 0) is 4.74 Å². The van der Waals surface area contributed by atoms with E-state index in [1.165, 1.54) is 0 Å². The van der Waals surface area contributed by atoms with Gasteiger partial charge in [0.2, 0.25) is 0 Å². The Morgan fingerprint density at radius 1 is 1.05 bits per heavy atom. The van der Waals surface area contributed by atoms with Gasteiger partial charge in [-0.25, -0.2) is 8.78 Å². The first kappa shape index (κ1) is 14.5. The molecule has 1 fully saturated rings. The number of hydrogen-bond acceptors (Lipinski definition) is 4. The third-order valence-electron chi connectivity index (χ3n) is 2.71. The maximum Gasteiger partial charge on any atom is 0.252 e. The molecule has 1 aliphatic rings. The Morgan fingerprint density at radius 3 is 2.21 bits per heavy atom. The molecule has 0 aliphatic carbocycles. The first-order valence-corrected chi connectivity index (χ1v) is 6.71. The van der Waals surface area contributed by atoms with Gasteiger partial charge in [0.1, 0.15) is 0 Å². The van der Waals surface area contributed by atoms with Gasteiger partial charge in [-0.2, -0.15) is 13.8 Å². The van der Waals surface area contributed by atoms with Crippen molar-refractivity contribution in [2.24, 2.45) is 0 Å². The van der Waals surface area contributed by atoms with Gasteiger partial charge in [0, 0.05) is 25.4 Å². The monoisotopic (exact) mass is 296 g/mol. The van der Waals surface area contributed by atoms with Gasteiger partial charge in [-0.3, -0.25) is 4.90 Å². The van der Waals surface area contributed by atoms with E-state index in [4.69, 9.17) is 4.74 Å². The SMILES string of the molecule is Fc1nc(F)c(F)c(SCCN2CCOCC2)c1F. The van der Waals surface area contributed by atoms with Gasteiger partial charge in [0.15, 0.2) is 11.6 Å². The van der Waals surface area contributed by atoms with E-state index in [2.05, 4.69) is 9.88 Å². The Balaban J connectivity index is 1.95. The lowest BCUT2D eigenvalue weighted by molar-refractivity contribution is 0.0410. The second-order valence-corrected chi connectivity index (χ2v) is 5.06. The molecule has 0 aromatic carbocycles. The van der Waals surface area contributed by atoms with Crippen molar-refractivity contribution in [2.45, 2.75) is 4.90 Å². The summed E-state index contributed by atoms with van der Waals surface area (Å²) in [6.45, 7) is 3.28. The number of morpholine rings is 1. The van der Waals surface area contributed by atoms with Crippen molar-refractivity contribution >= 4 is 11.8 Å². The van der Waals surface area contributed by atoms with Crippen LogP contribution in [0.1, 0.15) is 0 Å². The van der Waals surface area contributed by atoms with Crippen molar-refractivity contribution in [3.05, 3.63) is 23.5 Å². The number of hydrogen-bond donors (Lipinski definition) is 0. The van der Waals surface area contributed by atoms with E-state index in [1.807, 2.05) is 0 Å². The highest BCUT2D eigenvalue weighted by molar-refractivity contribution is 7.99. The number of pyridine rings is 1. The summed E-state index contributed by atoms with van der Waals surface area (Å²) in [6.07, 6.45) is 0. The molecule has 8 heteroatoms. The quantitative estimate of drug-likeness (QED) is 0.482. The van der Waals surface area contributed by atoms with Gasteiger partial charge < -0.3 is 4.74 Å². The zero-order chi connectivity index (χ0) is 13.8. The molecule has 2 rings (SSSR count). The first-order chi connectivity index (χ1) is 9.09. The van der Waals surface area contributed by atoms with Crippen LogP contribution in [0.5, 0.6) is 0 Å². The Labute approximate surface area is 111 Å². The molecule has 2 heterocycles. The molecule has 0 unspecified atom stereocenters. The molecule has 0 bridgehead atoms. The van der Waals surface area contributed by atoms with Crippen molar-refractivity contribution in [3.8, 4) is 0 Å². The van der Waals surface area contributed by atoms with E-state index < -0.39 is 28.4 Å². The lowest BCUT2D eigenvalue weighted by atomic mass is 10.4. The minimum absolute atomic E-state index is 0.330. The third kappa shape index (κ3) is 3.58. The fraction of sp³-hybridized carbons (Fsp3) is 0.545. The summed E-state index contributed by atoms with van der Waals surface area (Å²) in [6, 6.07) is 0. The van der Waals surface area contributed by atoms with Crippen LogP contribution in [0.4, 0.5) is 17.6 Å². The van der Waals surface area contributed by atoms with E-state index in [0.717, 1.165) is 24.9 Å². The lowest BCUT2D eigenvalue weighted by Gasteiger charge is -2.26. The highest BCUT2D eigenvalue weighted by Crippen LogP contribution is 2.27. The normalized spacial score (nSPS) is 16.8. The number of halogens is 4. The molecular weight excluding hydrogens is 284 g/mol. The molecule has 106 valence electrons. The highest BCUT2D eigenvalue weighted by Gasteiger charge is 2.21. The fourth-order valence-electron chi connectivity index (χ4n) is 1.70. The van der Waals surface area contributed by atoms with Crippen LogP contribution in [-0.4, -0.2) is 48.5 Å². The van der Waals surface area contributed by atoms with Gasteiger partial charge >= 0.3 is 0 Å². The summed E-state index contributed by atoms with van der Waals surface area (Å²) in [5, 5.41) is 0. The summed E-state index contributed by atoms with van der Waals surface area (Å²) in [7, 11) is 0. The van der Waals surface area contributed by atoms with Gasteiger partial charge in [-0.1, -0.05) is 0 Å². The summed E-state index contributed by atoms with van der Waals surface area (Å²) in [5.41, 5.74) is 0. The molecule has 3 nitrogen and oxygen atoms in total. The number of rotatable bonds is 4. The van der Waals surface area contributed by atoms with E-state index in [9.17, 15) is 17.6 Å². The molecule has 0 amide bonds. The molecule has 0 atom stereocenters. The number of nitrogens with zero attached hydrogens (tertiary/aromatic N) is 2.